The summed E-state index contributed by atoms with van der Waals surface area (Å²) in [4.78, 5) is 0. The van der Waals surface area contributed by atoms with Crippen molar-refractivity contribution >= 4 is 23.0 Å². The van der Waals surface area contributed by atoms with Gasteiger partial charge in [0.25, 0.3) is 0 Å². The summed E-state index contributed by atoms with van der Waals surface area (Å²) in [6.07, 6.45) is 2.39. The second-order valence-electron chi connectivity index (χ2n) is 5.43. The van der Waals surface area contributed by atoms with E-state index in [1.807, 2.05) is 0 Å². The Labute approximate surface area is 96.5 Å². The Morgan fingerprint density at radius 1 is 1.60 bits per heavy atom. The monoisotopic (exact) mass is 225 g/mol. The quantitative estimate of drug-likeness (QED) is 0.529. The number of hydrogen-bond acceptors (Lipinski definition) is 2. The first-order valence-corrected chi connectivity index (χ1v) is 5.95. The van der Waals surface area contributed by atoms with Crippen molar-refractivity contribution in [3.63, 3.8) is 0 Å². The Morgan fingerprint density at radius 3 is 2.73 bits per heavy atom. The van der Waals surface area contributed by atoms with E-state index >= 15 is 0 Å². The molecule has 0 aliphatic heterocycles. The maximum absolute atomic E-state index is 5.37. The molecule has 0 radical (unpaired) electrons. The first-order chi connectivity index (χ1) is 6.93. The number of nitrogens with zero attached hydrogens (tertiary/aromatic N) is 1. The topological polar surface area (TPSA) is 50.4 Å². The summed E-state index contributed by atoms with van der Waals surface area (Å²) in [5, 5.41) is 4.58. The lowest BCUT2D eigenvalue weighted by Crippen LogP contribution is -2.35. The van der Waals surface area contributed by atoms with E-state index in [4.69, 9.17) is 18.0 Å². The fourth-order valence-electron chi connectivity index (χ4n) is 3.13. The number of hydrazone groups is 1. The molecule has 2 saturated carbocycles. The Morgan fingerprint density at radius 2 is 2.27 bits per heavy atom. The summed E-state index contributed by atoms with van der Waals surface area (Å²) in [6, 6.07) is 0. The zero-order valence-corrected chi connectivity index (χ0v) is 10.4. The average molecular weight is 225 g/mol. The van der Waals surface area contributed by atoms with Gasteiger partial charge in [-0.3, -0.25) is 5.43 Å². The van der Waals surface area contributed by atoms with Crippen LogP contribution in [0.3, 0.4) is 0 Å². The van der Waals surface area contributed by atoms with Crippen molar-refractivity contribution in [2.45, 2.75) is 33.6 Å². The van der Waals surface area contributed by atoms with Crippen molar-refractivity contribution in [1.82, 2.24) is 5.43 Å². The number of rotatable bonds is 1. The van der Waals surface area contributed by atoms with Crippen molar-refractivity contribution in [2.24, 2.45) is 34.0 Å². The third-order valence-electron chi connectivity index (χ3n) is 4.56. The predicted molar refractivity (Wildman–Crippen MR) is 66.5 cm³/mol. The van der Waals surface area contributed by atoms with E-state index in [9.17, 15) is 0 Å². The van der Waals surface area contributed by atoms with Crippen LogP contribution in [0.2, 0.25) is 0 Å². The van der Waals surface area contributed by atoms with Crippen LogP contribution in [-0.4, -0.2) is 10.8 Å². The summed E-state index contributed by atoms with van der Waals surface area (Å²) < 4.78 is 0. The summed E-state index contributed by atoms with van der Waals surface area (Å²) >= 11 is 4.75. The van der Waals surface area contributed by atoms with Gasteiger partial charge < -0.3 is 5.73 Å². The van der Waals surface area contributed by atoms with Crippen LogP contribution in [0.4, 0.5) is 0 Å². The maximum Gasteiger partial charge on any atom is 0.184 e. The van der Waals surface area contributed by atoms with Crippen LogP contribution >= 0.6 is 12.2 Å². The average Bonchev–Trinajstić information content (AvgIpc) is 2.64. The van der Waals surface area contributed by atoms with E-state index in [1.54, 1.807) is 0 Å². The molecule has 0 amide bonds. The third-order valence-corrected chi connectivity index (χ3v) is 4.65. The summed E-state index contributed by atoms with van der Waals surface area (Å²) in [7, 11) is 0. The molecule has 2 fully saturated rings. The fourth-order valence-corrected chi connectivity index (χ4v) is 3.18. The highest BCUT2D eigenvalue weighted by molar-refractivity contribution is 7.80. The summed E-state index contributed by atoms with van der Waals surface area (Å²) in [5.74, 6) is 2.12. The van der Waals surface area contributed by atoms with Gasteiger partial charge in [-0.15, -0.1) is 0 Å². The molecule has 4 heteroatoms. The molecule has 84 valence electrons. The molecule has 15 heavy (non-hydrogen) atoms. The number of hydrogen-bond donors (Lipinski definition) is 2. The van der Waals surface area contributed by atoms with Crippen LogP contribution in [0.25, 0.3) is 0 Å². The minimum Gasteiger partial charge on any atom is -0.375 e. The van der Waals surface area contributed by atoms with Crippen molar-refractivity contribution < 1.29 is 0 Å². The van der Waals surface area contributed by atoms with Crippen LogP contribution in [0.15, 0.2) is 5.10 Å². The van der Waals surface area contributed by atoms with Crippen LogP contribution in [0.5, 0.6) is 0 Å². The van der Waals surface area contributed by atoms with Gasteiger partial charge in [-0.25, -0.2) is 0 Å². The minimum absolute atomic E-state index is 0.261. The highest BCUT2D eigenvalue weighted by Gasteiger charge is 2.53. The van der Waals surface area contributed by atoms with Gasteiger partial charge in [0.1, 0.15) is 0 Å². The molecule has 0 aromatic heterocycles. The van der Waals surface area contributed by atoms with Crippen molar-refractivity contribution in [1.29, 1.82) is 0 Å². The van der Waals surface area contributed by atoms with Crippen LogP contribution in [0.1, 0.15) is 33.6 Å². The van der Waals surface area contributed by atoms with Crippen LogP contribution in [-0.2, 0) is 0 Å². The van der Waals surface area contributed by atoms with E-state index in [0.29, 0.717) is 17.3 Å². The molecule has 2 bridgehead atoms. The van der Waals surface area contributed by atoms with Gasteiger partial charge in [-0.2, -0.15) is 5.10 Å². The molecular formula is C11H19N3S. The molecule has 3 atom stereocenters. The zero-order valence-electron chi connectivity index (χ0n) is 9.58. The maximum atomic E-state index is 5.37. The van der Waals surface area contributed by atoms with Gasteiger partial charge in [-0.1, -0.05) is 20.8 Å². The Kier molecular flexibility index (Phi) is 2.49. The lowest BCUT2D eigenvalue weighted by Gasteiger charge is -2.36. The molecule has 0 saturated heterocycles. The molecular weight excluding hydrogens is 206 g/mol. The summed E-state index contributed by atoms with van der Waals surface area (Å²) in [6.45, 7) is 7.08. The van der Waals surface area contributed by atoms with Crippen molar-refractivity contribution in [3.05, 3.63) is 0 Å². The molecule has 0 heterocycles. The molecule has 2 rings (SSSR count). The van der Waals surface area contributed by atoms with Crippen LogP contribution in [0, 0.1) is 23.2 Å². The molecule has 3 nitrogen and oxygen atoms in total. The Hall–Kier alpha value is -0.640. The van der Waals surface area contributed by atoms with E-state index < -0.39 is 0 Å². The lowest BCUT2D eigenvalue weighted by atomic mass is 9.69. The Balaban J connectivity index is 2.12. The van der Waals surface area contributed by atoms with E-state index in [1.165, 1.54) is 12.1 Å². The third kappa shape index (κ3) is 1.65. The minimum atomic E-state index is 0.261. The van der Waals surface area contributed by atoms with E-state index in [-0.39, 0.29) is 5.11 Å². The molecule has 0 aromatic carbocycles. The zero-order chi connectivity index (χ0) is 11.2. The number of fused-ring (bicyclic) bond motifs is 2. The normalized spacial score (nSPS) is 39.7. The number of thiocarbonyl (C=S) groups is 1. The second kappa shape index (κ2) is 3.44. The van der Waals surface area contributed by atoms with Crippen molar-refractivity contribution in [3.8, 4) is 0 Å². The van der Waals surface area contributed by atoms with Gasteiger partial charge in [0.05, 0.1) is 0 Å². The predicted octanol–water partition coefficient (Wildman–Crippen LogP) is 1.88. The molecule has 2 aliphatic rings. The van der Waals surface area contributed by atoms with Crippen LogP contribution < -0.4 is 11.2 Å². The van der Waals surface area contributed by atoms with Gasteiger partial charge in [0.15, 0.2) is 5.11 Å². The SMILES string of the molecule is CC1C2CC(CC2=NNC(N)=S)C1(C)C. The van der Waals surface area contributed by atoms with Crippen molar-refractivity contribution in [2.75, 3.05) is 0 Å². The molecule has 0 aromatic rings. The van der Waals surface area contributed by atoms with Gasteiger partial charge in [0, 0.05) is 11.6 Å². The van der Waals surface area contributed by atoms with E-state index in [0.717, 1.165) is 12.3 Å². The standard InChI is InChI=1S/C11H19N3S/c1-6-8-4-7(11(6,2)3)5-9(8)13-14-10(12)15/h6-8H,4-5H2,1-3H3,(H3,12,14,15). The smallest absolute Gasteiger partial charge is 0.184 e. The highest BCUT2D eigenvalue weighted by atomic mass is 32.1. The van der Waals surface area contributed by atoms with Gasteiger partial charge in [-0.05, 0) is 42.3 Å². The first-order valence-electron chi connectivity index (χ1n) is 5.55. The highest BCUT2D eigenvalue weighted by Crippen LogP contribution is 2.57. The largest absolute Gasteiger partial charge is 0.375 e. The number of nitrogens with two attached hydrogens (primary N) is 1. The first kappa shape index (κ1) is 10.9. The summed E-state index contributed by atoms with van der Waals surface area (Å²) in [5.41, 5.74) is 9.82. The van der Waals surface area contributed by atoms with E-state index in [2.05, 4.69) is 31.3 Å². The molecule has 0 spiro atoms. The second-order valence-corrected chi connectivity index (χ2v) is 5.87. The molecule has 3 N–H and O–H groups in total. The van der Waals surface area contributed by atoms with Gasteiger partial charge in [0.2, 0.25) is 0 Å². The van der Waals surface area contributed by atoms with Gasteiger partial charge >= 0.3 is 0 Å². The molecule has 2 aliphatic carbocycles. The molecule has 3 unspecified atom stereocenters. The lowest BCUT2D eigenvalue weighted by molar-refractivity contribution is 0.182. The number of nitrogens with one attached hydrogen (secondary N) is 1. The Bertz CT molecular complexity index is 318. The fraction of sp³-hybridized carbons (Fsp3) is 0.818.